The monoisotopic (exact) mass is 339 g/mol. The molecule has 22 heavy (non-hydrogen) atoms. The highest BCUT2D eigenvalue weighted by Crippen LogP contribution is 2.17. The van der Waals surface area contributed by atoms with Crippen LogP contribution in [0.25, 0.3) is 0 Å². The largest absolute Gasteiger partial charge is 0.445 e. The van der Waals surface area contributed by atoms with E-state index in [1.165, 1.54) is 31.3 Å². The van der Waals surface area contributed by atoms with Crippen molar-refractivity contribution in [3.63, 3.8) is 0 Å². The standard InChI is InChI=1S/C15H14ClNO4S/c1-17(11-21-15(18)12-5-3-2-4-6-12)22(19,20)14-9-7-13(16)8-10-14/h2-10H,11H2,1H3. The summed E-state index contributed by atoms with van der Waals surface area (Å²) in [4.78, 5) is 11.9. The maximum absolute atomic E-state index is 12.3. The molecule has 0 aliphatic heterocycles. The van der Waals surface area contributed by atoms with E-state index in [4.69, 9.17) is 16.3 Å². The molecule has 0 spiro atoms. The van der Waals surface area contributed by atoms with Crippen molar-refractivity contribution in [2.45, 2.75) is 4.90 Å². The Labute approximate surface area is 134 Å². The van der Waals surface area contributed by atoms with Crippen LogP contribution in [-0.4, -0.2) is 32.5 Å². The molecule has 0 aromatic heterocycles. The summed E-state index contributed by atoms with van der Waals surface area (Å²) in [5.74, 6) is -0.584. The Morgan fingerprint density at radius 1 is 1.09 bits per heavy atom. The number of nitrogens with zero attached hydrogens (tertiary/aromatic N) is 1. The smallest absolute Gasteiger partial charge is 0.339 e. The zero-order chi connectivity index (χ0) is 16.2. The van der Waals surface area contributed by atoms with Crippen LogP contribution >= 0.6 is 11.6 Å². The summed E-state index contributed by atoms with van der Waals surface area (Å²) in [6, 6.07) is 14.1. The third kappa shape index (κ3) is 3.85. The molecule has 0 amide bonds. The van der Waals surface area contributed by atoms with Gasteiger partial charge in [-0.3, -0.25) is 0 Å². The Balaban J connectivity index is 2.04. The molecule has 116 valence electrons. The van der Waals surface area contributed by atoms with E-state index in [2.05, 4.69) is 0 Å². The number of rotatable bonds is 5. The zero-order valence-electron chi connectivity index (χ0n) is 11.8. The van der Waals surface area contributed by atoms with E-state index in [9.17, 15) is 13.2 Å². The Bertz CT molecular complexity index is 745. The van der Waals surface area contributed by atoms with Gasteiger partial charge in [0.1, 0.15) is 0 Å². The second kappa shape index (κ2) is 6.91. The molecule has 0 aliphatic carbocycles. The van der Waals surface area contributed by atoms with Crippen molar-refractivity contribution in [2.24, 2.45) is 0 Å². The molecule has 2 aromatic carbocycles. The van der Waals surface area contributed by atoms with Gasteiger partial charge in [0.15, 0.2) is 6.73 Å². The van der Waals surface area contributed by atoms with Gasteiger partial charge in [-0.05, 0) is 36.4 Å². The van der Waals surface area contributed by atoms with Crippen LogP contribution in [0.15, 0.2) is 59.5 Å². The summed E-state index contributed by atoms with van der Waals surface area (Å²) in [6.07, 6.45) is 0. The normalized spacial score (nSPS) is 11.4. The number of carbonyl (C=O) groups is 1. The van der Waals surface area contributed by atoms with Gasteiger partial charge in [-0.1, -0.05) is 29.8 Å². The SMILES string of the molecule is CN(COC(=O)c1ccccc1)S(=O)(=O)c1ccc(Cl)cc1. The Hall–Kier alpha value is -1.89. The van der Waals surface area contributed by atoms with Crippen molar-refractivity contribution in [1.29, 1.82) is 0 Å². The number of hydrogen-bond acceptors (Lipinski definition) is 4. The summed E-state index contributed by atoms with van der Waals surface area (Å²) < 4.78 is 30.5. The molecule has 0 saturated carbocycles. The summed E-state index contributed by atoms with van der Waals surface area (Å²) in [6.45, 7) is -0.376. The molecule has 7 heteroatoms. The Morgan fingerprint density at radius 2 is 1.68 bits per heavy atom. The quantitative estimate of drug-likeness (QED) is 0.620. The Morgan fingerprint density at radius 3 is 2.27 bits per heavy atom. The van der Waals surface area contributed by atoms with Crippen LogP contribution in [0.2, 0.25) is 5.02 Å². The van der Waals surface area contributed by atoms with Crippen molar-refractivity contribution in [3.8, 4) is 0 Å². The minimum atomic E-state index is -3.74. The van der Waals surface area contributed by atoms with Crippen LogP contribution in [0.4, 0.5) is 0 Å². The number of hydrogen-bond donors (Lipinski definition) is 0. The predicted molar refractivity (Wildman–Crippen MR) is 83.1 cm³/mol. The fourth-order valence-corrected chi connectivity index (χ4v) is 2.82. The minimum absolute atomic E-state index is 0.0789. The molecule has 0 N–H and O–H groups in total. The van der Waals surface area contributed by atoms with Crippen molar-refractivity contribution in [3.05, 3.63) is 65.2 Å². The van der Waals surface area contributed by atoms with Gasteiger partial charge in [0.25, 0.3) is 0 Å². The number of esters is 1. The zero-order valence-corrected chi connectivity index (χ0v) is 13.3. The fraction of sp³-hybridized carbons (Fsp3) is 0.133. The van der Waals surface area contributed by atoms with E-state index < -0.39 is 16.0 Å². The molecule has 0 radical (unpaired) electrons. The van der Waals surface area contributed by atoms with Gasteiger partial charge < -0.3 is 4.74 Å². The second-order valence-corrected chi connectivity index (χ2v) is 6.97. The van der Waals surface area contributed by atoms with Crippen molar-refractivity contribution >= 4 is 27.6 Å². The maximum Gasteiger partial charge on any atom is 0.339 e. The van der Waals surface area contributed by atoms with Crippen molar-refractivity contribution in [1.82, 2.24) is 4.31 Å². The molecule has 0 saturated heterocycles. The molecule has 0 aliphatic rings. The molecule has 0 atom stereocenters. The van der Waals surface area contributed by atoms with Crippen molar-refractivity contribution < 1.29 is 17.9 Å². The summed E-state index contributed by atoms with van der Waals surface area (Å²) >= 11 is 5.73. The van der Waals surface area contributed by atoms with Gasteiger partial charge in [-0.15, -0.1) is 0 Å². The first-order valence-corrected chi connectivity index (χ1v) is 8.17. The average molecular weight is 340 g/mol. The highest BCUT2D eigenvalue weighted by Gasteiger charge is 2.22. The van der Waals surface area contributed by atoms with Gasteiger partial charge in [-0.2, -0.15) is 4.31 Å². The Kier molecular flexibility index (Phi) is 5.18. The average Bonchev–Trinajstić information content (AvgIpc) is 2.53. The molecule has 5 nitrogen and oxygen atoms in total. The molecule has 0 fully saturated rings. The van der Waals surface area contributed by atoms with Crippen molar-refractivity contribution in [2.75, 3.05) is 13.8 Å². The number of benzene rings is 2. The molecule has 0 heterocycles. The van der Waals surface area contributed by atoms with Gasteiger partial charge in [0.2, 0.25) is 10.0 Å². The highest BCUT2D eigenvalue weighted by atomic mass is 35.5. The maximum atomic E-state index is 12.3. The van der Waals surface area contributed by atoms with Crippen LogP contribution in [0, 0.1) is 0 Å². The van der Waals surface area contributed by atoms with E-state index in [1.54, 1.807) is 30.3 Å². The van der Waals surface area contributed by atoms with Crippen LogP contribution in [0.5, 0.6) is 0 Å². The van der Waals surface area contributed by atoms with Gasteiger partial charge in [0, 0.05) is 12.1 Å². The van der Waals surface area contributed by atoms with Gasteiger partial charge in [0.05, 0.1) is 10.5 Å². The number of halogens is 1. The summed E-state index contributed by atoms with van der Waals surface area (Å²) in [5.41, 5.74) is 0.361. The third-order valence-corrected chi connectivity index (χ3v) is 4.95. The molecule has 0 unspecified atom stereocenters. The predicted octanol–water partition coefficient (Wildman–Crippen LogP) is 2.78. The molecular formula is C15H14ClNO4S. The lowest BCUT2D eigenvalue weighted by Crippen LogP contribution is -2.30. The highest BCUT2D eigenvalue weighted by molar-refractivity contribution is 7.89. The van der Waals surface area contributed by atoms with Crippen LogP contribution < -0.4 is 0 Å². The van der Waals surface area contributed by atoms with E-state index in [0.717, 1.165) is 4.31 Å². The number of ether oxygens (including phenoxy) is 1. The van der Waals surface area contributed by atoms with E-state index >= 15 is 0 Å². The van der Waals surface area contributed by atoms with Crippen LogP contribution in [0.1, 0.15) is 10.4 Å². The summed E-state index contributed by atoms with van der Waals surface area (Å²) in [5, 5.41) is 0.442. The first-order chi connectivity index (χ1) is 10.4. The topological polar surface area (TPSA) is 63.7 Å². The second-order valence-electron chi connectivity index (χ2n) is 4.48. The number of carbonyl (C=O) groups excluding carboxylic acids is 1. The summed E-state index contributed by atoms with van der Waals surface area (Å²) in [7, 11) is -2.40. The van der Waals surface area contributed by atoms with Gasteiger partial charge >= 0.3 is 5.97 Å². The first kappa shape index (κ1) is 16.5. The molecular weight excluding hydrogens is 326 g/mol. The van der Waals surface area contributed by atoms with Gasteiger partial charge in [-0.25, -0.2) is 13.2 Å². The van der Waals surface area contributed by atoms with E-state index in [1.807, 2.05) is 0 Å². The lowest BCUT2D eigenvalue weighted by molar-refractivity contribution is 0.0394. The molecule has 0 bridgehead atoms. The number of sulfonamides is 1. The van der Waals surface area contributed by atoms with E-state index in [0.29, 0.717) is 10.6 Å². The third-order valence-electron chi connectivity index (χ3n) is 2.91. The minimum Gasteiger partial charge on any atom is -0.445 e. The lowest BCUT2D eigenvalue weighted by atomic mass is 10.2. The molecule has 2 rings (SSSR count). The van der Waals surface area contributed by atoms with E-state index in [-0.39, 0.29) is 11.6 Å². The fourth-order valence-electron chi connectivity index (χ4n) is 1.66. The first-order valence-electron chi connectivity index (χ1n) is 6.35. The van der Waals surface area contributed by atoms with Crippen LogP contribution in [-0.2, 0) is 14.8 Å². The lowest BCUT2D eigenvalue weighted by Gasteiger charge is -2.17. The van der Waals surface area contributed by atoms with Crippen LogP contribution in [0.3, 0.4) is 0 Å². The molecule has 2 aromatic rings.